The van der Waals surface area contributed by atoms with Gasteiger partial charge in [-0.15, -0.1) is 11.3 Å². The standard InChI is InChI=1S/C20H16N4O2S/c1-2-12-13(3-1)18-16(12)17-19(21-9-22-20(17)27-18)23-24-8-10-4-5-14-11(6-10)7-15(25-14)26-24/h2,4-6,9,13,15H,1,3,7-8H2,(H,21,22,23). The molecule has 2 atom stereocenters. The Morgan fingerprint density at radius 3 is 3.26 bits per heavy atom. The number of nitrogens with zero attached hydrogens (tertiary/aromatic N) is 3. The fraction of sp³-hybridized carbons (Fsp3) is 0.300. The quantitative estimate of drug-likeness (QED) is 0.730. The Balaban J connectivity index is 1.29. The molecule has 2 unspecified atom stereocenters. The van der Waals surface area contributed by atoms with Crippen LogP contribution in [0.2, 0.25) is 0 Å². The molecule has 0 spiro atoms. The molecule has 6 nitrogen and oxygen atoms in total. The highest BCUT2D eigenvalue weighted by Gasteiger charge is 2.40. The summed E-state index contributed by atoms with van der Waals surface area (Å²) in [5.41, 5.74) is 8.62. The Labute approximate surface area is 159 Å². The third-order valence-electron chi connectivity index (χ3n) is 5.89. The monoisotopic (exact) mass is 376 g/mol. The van der Waals surface area contributed by atoms with Crippen LogP contribution in [0.5, 0.6) is 5.75 Å². The topological polar surface area (TPSA) is 59.5 Å². The highest BCUT2D eigenvalue weighted by atomic mass is 32.1. The van der Waals surface area contributed by atoms with E-state index in [0.29, 0.717) is 12.5 Å². The molecule has 1 N–H and O–H groups in total. The van der Waals surface area contributed by atoms with Crippen LogP contribution in [0, 0.1) is 0 Å². The maximum absolute atomic E-state index is 6.07. The van der Waals surface area contributed by atoms with Crippen molar-refractivity contribution < 1.29 is 9.57 Å². The zero-order valence-electron chi connectivity index (χ0n) is 14.4. The summed E-state index contributed by atoms with van der Waals surface area (Å²) >= 11 is 1.80. The number of aromatic nitrogens is 2. The van der Waals surface area contributed by atoms with Crippen molar-refractivity contribution in [3.8, 4) is 5.75 Å². The highest BCUT2D eigenvalue weighted by molar-refractivity contribution is 7.19. The van der Waals surface area contributed by atoms with Gasteiger partial charge < -0.3 is 4.74 Å². The van der Waals surface area contributed by atoms with Crippen LogP contribution in [-0.2, 0) is 17.8 Å². The van der Waals surface area contributed by atoms with E-state index < -0.39 is 0 Å². The van der Waals surface area contributed by atoms with E-state index in [1.54, 1.807) is 22.8 Å². The molecule has 3 bridgehead atoms. The number of rotatable bonds is 2. The molecular weight excluding hydrogens is 360 g/mol. The first-order valence-electron chi connectivity index (χ1n) is 9.31. The second kappa shape index (κ2) is 5.07. The van der Waals surface area contributed by atoms with Crippen LogP contribution in [0.4, 0.5) is 5.82 Å². The molecule has 0 amide bonds. The number of nitrogens with one attached hydrogen (secondary N) is 1. The molecule has 2 aliphatic carbocycles. The molecule has 4 heterocycles. The van der Waals surface area contributed by atoms with Crippen LogP contribution in [0.25, 0.3) is 15.8 Å². The number of fused-ring (bicyclic) bond motifs is 8. The molecule has 2 aromatic heterocycles. The van der Waals surface area contributed by atoms with E-state index in [1.807, 2.05) is 6.07 Å². The first-order chi connectivity index (χ1) is 13.3. The first kappa shape index (κ1) is 14.6. The number of hydroxylamine groups is 1. The van der Waals surface area contributed by atoms with Gasteiger partial charge in [-0.2, -0.15) is 0 Å². The van der Waals surface area contributed by atoms with Crippen molar-refractivity contribution >= 4 is 32.9 Å². The summed E-state index contributed by atoms with van der Waals surface area (Å²) in [5.74, 6) is 2.35. The predicted molar refractivity (Wildman–Crippen MR) is 102 cm³/mol. The van der Waals surface area contributed by atoms with Crippen LogP contribution in [0.3, 0.4) is 0 Å². The lowest BCUT2D eigenvalue weighted by Crippen LogP contribution is -2.36. The van der Waals surface area contributed by atoms with Gasteiger partial charge in [0.05, 0.1) is 11.9 Å². The van der Waals surface area contributed by atoms with Gasteiger partial charge in [0.1, 0.15) is 16.9 Å². The molecule has 0 fully saturated rings. The Morgan fingerprint density at radius 2 is 2.26 bits per heavy atom. The van der Waals surface area contributed by atoms with Gasteiger partial charge in [0.25, 0.3) is 0 Å². The van der Waals surface area contributed by atoms with E-state index in [1.165, 1.54) is 40.0 Å². The number of benzene rings is 1. The lowest BCUT2D eigenvalue weighted by molar-refractivity contribution is -0.240. The molecule has 7 heteroatoms. The molecular formula is C20H16N4O2S. The average Bonchev–Trinajstić information content (AvgIpc) is 3.33. The molecule has 4 aliphatic rings. The van der Waals surface area contributed by atoms with Crippen LogP contribution in [0.1, 0.15) is 40.3 Å². The number of allylic oxidation sites excluding steroid dienone is 2. The molecule has 27 heavy (non-hydrogen) atoms. The van der Waals surface area contributed by atoms with E-state index in [-0.39, 0.29) is 6.29 Å². The van der Waals surface area contributed by atoms with E-state index in [9.17, 15) is 0 Å². The van der Waals surface area contributed by atoms with Gasteiger partial charge in [-0.25, -0.2) is 14.8 Å². The van der Waals surface area contributed by atoms with E-state index >= 15 is 0 Å². The zero-order valence-corrected chi connectivity index (χ0v) is 15.3. The van der Waals surface area contributed by atoms with Gasteiger partial charge >= 0.3 is 0 Å². The van der Waals surface area contributed by atoms with Crippen molar-refractivity contribution in [1.29, 1.82) is 0 Å². The summed E-state index contributed by atoms with van der Waals surface area (Å²) in [4.78, 5) is 17.6. The number of anilines is 1. The fourth-order valence-electron chi connectivity index (χ4n) is 4.70. The van der Waals surface area contributed by atoms with Gasteiger partial charge in [-0.05, 0) is 30.0 Å². The van der Waals surface area contributed by atoms with Crippen LogP contribution < -0.4 is 10.2 Å². The predicted octanol–water partition coefficient (Wildman–Crippen LogP) is 4.00. The molecule has 0 radical (unpaired) electrons. The van der Waals surface area contributed by atoms with E-state index in [4.69, 9.17) is 9.57 Å². The van der Waals surface area contributed by atoms with Crippen molar-refractivity contribution in [3.63, 3.8) is 0 Å². The van der Waals surface area contributed by atoms with E-state index in [0.717, 1.165) is 28.2 Å². The van der Waals surface area contributed by atoms with Gasteiger partial charge in [0.15, 0.2) is 5.82 Å². The van der Waals surface area contributed by atoms with Crippen molar-refractivity contribution in [2.75, 3.05) is 5.43 Å². The lowest BCUT2D eigenvalue weighted by Gasteiger charge is -2.28. The number of thiophene rings is 1. The Bertz CT molecular complexity index is 1150. The van der Waals surface area contributed by atoms with Crippen molar-refractivity contribution in [1.82, 2.24) is 15.1 Å². The maximum atomic E-state index is 6.07. The van der Waals surface area contributed by atoms with Crippen LogP contribution in [0.15, 0.2) is 30.6 Å². The summed E-state index contributed by atoms with van der Waals surface area (Å²) in [6.07, 6.45) is 6.88. The molecule has 0 saturated heterocycles. The SMILES string of the molecule is C1=C2c3c(sc4ncnc(NN5Cc6ccc7c(c6)CC(O7)O5)c34)C2CC1. The summed E-state index contributed by atoms with van der Waals surface area (Å²) in [7, 11) is 0. The second-order valence-corrected chi connectivity index (χ2v) is 8.51. The summed E-state index contributed by atoms with van der Waals surface area (Å²) in [6, 6.07) is 6.33. The van der Waals surface area contributed by atoms with Gasteiger partial charge in [0, 0.05) is 28.3 Å². The smallest absolute Gasteiger partial charge is 0.224 e. The highest BCUT2D eigenvalue weighted by Crippen LogP contribution is 2.59. The fourth-order valence-corrected chi connectivity index (χ4v) is 6.02. The lowest BCUT2D eigenvalue weighted by atomic mass is 9.80. The second-order valence-electron chi connectivity index (χ2n) is 7.48. The third kappa shape index (κ3) is 1.96. The molecule has 134 valence electrons. The number of hydrazine groups is 1. The minimum atomic E-state index is -0.298. The molecule has 3 aromatic rings. The largest absolute Gasteiger partial charge is 0.463 e. The first-order valence-corrected chi connectivity index (χ1v) is 10.1. The number of ether oxygens (including phenoxy) is 1. The third-order valence-corrected chi connectivity index (χ3v) is 7.10. The summed E-state index contributed by atoms with van der Waals surface area (Å²) in [5, 5.41) is 2.87. The Hall–Kier alpha value is -2.48. The normalized spacial score (nSPS) is 24.7. The van der Waals surface area contributed by atoms with Crippen molar-refractivity contribution in [3.05, 3.63) is 52.2 Å². The summed E-state index contributed by atoms with van der Waals surface area (Å²) < 4.78 is 5.89. The molecule has 7 rings (SSSR count). The zero-order chi connectivity index (χ0) is 17.5. The molecule has 0 saturated carbocycles. The summed E-state index contributed by atoms with van der Waals surface area (Å²) in [6.45, 7) is 0.621. The Kier molecular flexibility index (Phi) is 2.73. The van der Waals surface area contributed by atoms with Gasteiger partial charge in [0.2, 0.25) is 6.29 Å². The Morgan fingerprint density at radius 1 is 1.26 bits per heavy atom. The number of hydrogen-bond donors (Lipinski definition) is 1. The van der Waals surface area contributed by atoms with Crippen LogP contribution >= 0.6 is 11.3 Å². The van der Waals surface area contributed by atoms with Gasteiger partial charge in [-0.1, -0.05) is 23.4 Å². The van der Waals surface area contributed by atoms with Crippen molar-refractivity contribution in [2.24, 2.45) is 0 Å². The van der Waals surface area contributed by atoms with Crippen LogP contribution in [-0.4, -0.2) is 21.4 Å². The average molecular weight is 376 g/mol. The van der Waals surface area contributed by atoms with Crippen molar-refractivity contribution in [2.45, 2.75) is 38.0 Å². The maximum Gasteiger partial charge on any atom is 0.224 e. The molecule has 2 aliphatic heterocycles. The van der Waals surface area contributed by atoms with E-state index in [2.05, 4.69) is 33.6 Å². The number of hydrogen-bond acceptors (Lipinski definition) is 7. The van der Waals surface area contributed by atoms with Gasteiger partial charge in [-0.3, -0.25) is 5.43 Å². The minimum absolute atomic E-state index is 0.298. The minimum Gasteiger partial charge on any atom is -0.463 e. The molecule has 1 aromatic carbocycles.